The Morgan fingerprint density at radius 2 is 2.27 bits per heavy atom. The Kier molecular flexibility index (Phi) is 4.69. The molecule has 2 atom stereocenters. The Morgan fingerprint density at radius 1 is 1.45 bits per heavy atom. The molecule has 1 saturated heterocycles. The van der Waals surface area contributed by atoms with E-state index in [1.54, 1.807) is 4.90 Å². The average molecular weight is 319 g/mol. The van der Waals surface area contributed by atoms with Gasteiger partial charge in [0.15, 0.2) is 0 Å². The number of carbonyl (C=O) groups is 2. The highest BCUT2D eigenvalue weighted by Crippen LogP contribution is 2.34. The minimum atomic E-state index is -0.0752. The van der Waals surface area contributed by atoms with Gasteiger partial charge < -0.3 is 15.5 Å². The molecule has 0 aliphatic carbocycles. The predicted octanol–water partition coefficient (Wildman–Crippen LogP) is 1.24. The molecule has 118 valence electrons. The number of amides is 2. The minimum absolute atomic E-state index is 0.00258. The molecule has 2 aliphatic rings. The first-order valence-electron chi connectivity index (χ1n) is 7.67. The first-order chi connectivity index (χ1) is 10.6. The summed E-state index contributed by atoms with van der Waals surface area (Å²) in [6.07, 6.45) is 0.938. The van der Waals surface area contributed by atoms with E-state index < -0.39 is 0 Å². The maximum atomic E-state index is 12.3. The number of rotatable bonds is 3. The molecule has 0 bridgehead atoms. The van der Waals surface area contributed by atoms with Crippen molar-refractivity contribution in [3.63, 3.8) is 0 Å². The average Bonchev–Trinajstić information content (AvgIpc) is 2.52. The second-order valence-electron chi connectivity index (χ2n) is 5.88. The summed E-state index contributed by atoms with van der Waals surface area (Å²) in [5.41, 5.74) is 0.845. The van der Waals surface area contributed by atoms with E-state index in [4.69, 9.17) is 0 Å². The fourth-order valence-corrected chi connectivity index (χ4v) is 3.89. The summed E-state index contributed by atoms with van der Waals surface area (Å²) >= 11 is 1.53. The van der Waals surface area contributed by atoms with Gasteiger partial charge in [0.05, 0.1) is 11.4 Å². The molecule has 2 aliphatic heterocycles. The second-order valence-corrected chi connectivity index (χ2v) is 6.90. The van der Waals surface area contributed by atoms with E-state index in [0.29, 0.717) is 11.7 Å². The van der Waals surface area contributed by atoms with Crippen molar-refractivity contribution in [2.75, 3.05) is 30.3 Å². The lowest BCUT2D eigenvalue weighted by atomic mass is 9.95. The van der Waals surface area contributed by atoms with Crippen LogP contribution in [0, 0.1) is 5.92 Å². The summed E-state index contributed by atoms with van der Waals surface area (Å²) in [5, 5.41) is 6.41. The third-order valence-corrected chi connectivity index (χ3v) is 5.29. The monoisotopic (exact) mass is 319 g/mol. The highest BCUT2D eigenvalue weighted by atomic mass is 32.2. The van der Waals surface area contributed by atoms with Crippen molar-refractivity contribution in [1.82, 2.24) is 10.6 Å². The Bertz CT molecular complexity index is 578. The van der Waals surface area contributed by atoms with Crippen molar-refractivity contribution in [3.05, 3.63) is 24.3 Å². The Labute approximate surface area is 134 Å². The highest BCUT2D eigenvalue weighted by Gasteiger charge is 2.28. The molecular formula is C16H21N3O2S. The van der Waals surface area contributed by atoms with E-state index in [-0.39, 0.29) is 24.4 Å². The van der Waals surface area contributed by atoms with Crippen LogP contribution < -0.4 is 15.5 Å². The van der Waals surface area contributed by atoms with Gasteiger partial charge >= 0.3 is 0 Å². The molecule has 22 heavy (non-hydrogen) atoms. The van der Waals surface area contributed by atoms with Crippen molar-refractivity contribution in [2.24, 2.45) is 5.92 Å². The van der Waals surface area contributed by atoms with Gasteiger partial charge in [0.1, 0.15) is 6.54 Å². The number of hydrogen-bond donors (Lipinski definition) is 2. The molecular weight excluding hydrogens is 298 g/mol. The molecule has 0 radical (unpaired) electrons. The molecule has 2 amide bonds. The fraction of sp³-hybridized carbons (Fsp3) is 0.500. The highest BCUT2D eigenvalue weighted by molar-refractivity contribution is 8.00. The van der Waals surface area contributed by atoms with Gasteiger partial charge in [-0.25, -0.2) is 0 Å². The number of nitrogens with one attached hydrogen (secondary N) is 2. The lowest BCUT2D eigenvalue weighted by Crippen LogP contribution is -2.51. The maximum Gasteiger partial charge on any atom is 0.240 e. The molecule has 0 spiro atoms. The van der Waals surface area contributed by atoms with E-state index in [0.717, 1.165) is 30.1 Å². The number of nitrogens with zero attached hydrogens (tertiary/aromatic N) is 1. The number of hydrogen-bond acceptors (Lipinski definition) is 4. The van der Waals surface area contributed by atoms with Crippen molar-refractivity contribution in [2.45, 2.75) is 24.3 Å². The van der Waals surface area contributed by atoms with Crippen LogP contribution in [-0.2, 0) is 9.59 Å². The molecule has 1 fully saturated rings. The molecule has 3 rings (SSSR count). The zero-order valence-electron chi connectivity index (χ0n) is 12.7. The molecule has 0 saturated carbocycles. The van der Waals surface area contributed by atoms with Crippen LogP contribution >= 0.6 is 11.8 Å². The molecule has 1 aromatic rings. The van der Waals surface area contributed by atoms with Gasteiger partial charge in [0.25, 0.3) is 0 Å². The van der Waals surface area contributed by atoms with Crippen molar-refractivity contribution >= 4 is 29.3 Å². The van der Waals surface area contributed by atoms with Crippen molar-refractivity contribution in [1.29, 1.82) is 0 Å². The number of anilines is 1. The molecule has 6 heteroatoms. The molecule has 0 aromatic heterocycles. The zero-order chi connectivity index (χ0) is 15.5. The van der Waals surface area contributed by atoms with E-state index in [1.807, 2.05) is 24.3 Å². The van der Waals surface area contributed by atoms with Gasteiger partial charge in [0.2, 0.25) is 11.8 Å². The normalized spacial score (nSPS) is 24.8. The van der Waals surface area contributed by atoms with Gasteiger partial charge in [-0.15, -0.1) is 11.8 Å². The molecule has 2 heterocycles. The van der Waals surface area contributed by atoms with Gasteiger partial charge in [0, 0.05) is 10.9 Å². The number of carbonyl (C=O) groups excluding carboxylic acids is 2. The smallest absolute Gasteiger partial charge is 0.240 e. The van der Waals surface area contributed by atoms with Crippen molar-refractivity contribution < 1.29 is 9.59 Å². The van der Waals surface area contributed by atoms with E-state index >= 15 is 0 Å². The molecule has 2 unspecified atom stereocenters. The topological polar surface area (TPSA) is 61.4 Å². The van der Waals surface area contributed by atoms with Gasteiger partial charge in [-0.3, -0.25) is 9.59 Å². The molecule has 5 nitrogen and oxygen atoms in total. The van der Waals surface area contributed by atoms with Crippen LogP contribution in [0.1, 0.15) is 13.3 Å². The number of fused-ring (bicyclic) bond motifs is 1. The van der Waals surface area contributed by atoms with E-state index in [1.165, 1.54) is 11.8 Å². The van der Waals surface area contributed by atoms with Crippen molar-refractivity contribution in [3.8, 4) is 0 Å². The summed E-state index contributed by atoms with van der Waals surface area (Å²) < 4.78 is 0. The molecule has 1 aromatic carbocycles. The summed E-state index contributed by atoms with van der Waals surface area (Å²) in [7, 11) is 0. The largest absolute Gasteiger partial charge is 0.351 e. The van der Waals surface area contributed by atoms with E-state index in [9.17, 15) is 9.59 Å². The molecule has 2 N–H and O–H groups in total. The fourth-order valence-electron chi connectivity index (χ4n) is 2.95. The van der Waals surface area contributed by atoms with Crippen LogP contribution in [0.3, 0.4) is 0 Å². The Hall–Kier alpha value is -1.53. The van der Waals surface area contributed by atoms with Crippen LogP contribution in [0.15, 0.2) is 29.2 Å². The van der Waals surface area contributed by atoms with Crippen LogP contribution in [0.5, 0.6) is 0 Å². The summed E-state index contributed by atoms with van der Waals surface area (Å²) in [6, 6.07) is 7.94. The summed E-state index contributed by atoms with van der Waals surface area (Å²) in [5.74, 6) is 0.734. The predicted molar refractivity (Wildman–Crippen MR) is 88.1 cm³/mol. The van der Waals surface area contributed by atoms with Crippen LogP contribution in [0.2, 0.25) is 0 Å². The van der Waals surface area contributed by atoms with Gasteiger partial charge in [-0.2, -0.15) is 0 Å². The second kappa shape index (κ2) is 6.71. The van der Waals surface area contributed by atoms with Crippen LogP contribution in [-0.4, -0.2) is 43.2 Å². The summed E-state index contributed by atoms with van der Waals surface area (Å²) in [4.78, 5) is 27.2. The first kappa shape index (κ1) is 15.4. The quantitative estimate of drug-likeness (QED) is 0.880. The van der Waals surface area contributed by atoms with Gasteiger partial charge in [-0.1, -0.05) is 19.1 Å². The third kappa shape index (κ3) is 3.28. The van der Waals surface area contributed by atoms with Crippen LogP contribution in [0.25, 0.3) is 0 Å². The standard InChI is InChI=1S/C16H21N3O2S/c1-11-8-17-7-6-12(11)18-15(20)9-19-13-4-2-3-5-14(13)22-10-16(19)21/h2-5,11-12,17H,6-10H2,1H3,(H,18,20). The number of para-hydroxylation sites is 1. The van der Waals surface area contributed by atoms with Gasteiger partial charge in [-0.05, 0) is 37.6 Å². The Morgan fingerprint density at radius 3 is 3.09 bits per heavy atom. The number of benzene rings is 1. The SMILES string of the molecule is CC1CNCCC1NC(=O)CN1C(=O)CSc2ccccc21. The summed E-state index contributed by atoms with van der Waals surface area (Å²) in [6.45, 7) is 4.09. The lowest BCUT2D eigenvalue weighted by molar-refractivity contribution is -0.123. The first-order valence-corrected chi connectivity index (χ1v) is 8.66. The lowest BCUT2D eigenvalue weighted by Gasteiger charge is -2.32. The third-order valence-electron chi connectivity index (χ3n) is 4.24. The number of piperidine rings is 1. The minimum Gasteiger partial charge on any atom is -0.351 e. The zero-order valence-corrected chi connectivity index (χ0v) is 13.5. The van der Waals surface area contributed by atoms with E-state index in [2.05, 4.69) is 17.6 Å². The Balaban J connectivity index is 1.67. The maximum absolute atomic E-state index is 12.3. The number of thioether (sulfide) groups is 1. The van der Waals surface area contributed by atoms with Crippen LogP contribution in [0.4, 0.5) is 5.69 Å².